The second-order valence-corrected chi connectivity index (χ2v) is 8.20. The van der Waals surface area contributed by atoms with Crippen LogP contribution in [0.3, 0.4) is 0 Å². The van der Waals surface area contributed by atoms with E-state index in [1.165, 1.54) is 11.1 Å². The molecule has 1 saturated heterocycles. The molecule has 162 valence electrons. The van der Waals surface area contributed by atoms with Gasteiger partial charge in [-0.05, 0) is 30.0 Å². The van der Waals surface area contributed by atoms with Gasteiger partial charge >= 0.3 is 6.09 Å². The molecule has 0 aliphatic carbocycles. The Morgan fingerprint density at radius 1 is 0.875 bits per heavy atom. The molecule has 3 aromatic carbocycles. The predicted octanol–water partition coefficient (Wildman–Crippen LogP) is 5.22. The van der Waals surface area contributed by atoms with Crippen molar-refractivity contribution in [2.45, 2.75) is 31.5 Å². The maximum Gasteiger partial charge on any atom is 0.417 e. The van der Waals surface area contributed by atoms with E-state index in [0.717, 1.165) is 18.5 Å². The summed E-state index contributed by atoms with van der Waals surface area (Å²) in [6, 6.07) is 30.9. The van der Waals surface area contributed by atoms with Gasteiger partial charge in [-0.25, -0.2) is 14.7 Å². The van der Waals surface area contributed by atoms with Crippen LogP contribution in [-0.2, 0) is 11.2 Å². The zero-order valence-electron chi connectivity index (χ0n) is 18.2. The number of hydrogen-bond donors (Lipinski definition) is 0. The molecule has 5 nitrogen and oxygen atoms in total. The summed E-state index contributed by atoms with van der Waals surface area (Å²) in [5.41, 5.74) is 3.49. The summed E-state index contributed by atoms with van der Waals surface area (Å²) in [6.07, 6.45) is 0.499. The standard InChI is InChI=1S/C27H27N3O2/c1-2-32-27(31)30-25(22-16-10-5-11-17-22)24(21-14-8-4-9-15-21)29-19-23(28-26(29)30)18-20-12-6-3-7-13-20/h3-17,23-25H,2,18-19H2,1H3/t23-,24-,25-/m0/s1. The Kier molecular flexibility index (Phi) is 5.63. The second-order valence-electron chi connectivity index (χ2n) is 8.20. The molecule has 3 atom stereocenters. The molecule has 5 heteroatoms. The fraction of sp³-hybridized carbons (Fsp3) is 0.259. The van der Waals surface area contributed by atoms with Gasteiger partial charge in [-0.3, -0.25) is 0 Å². The Hall–Kier alpha value is -3.60. The number of fused-ring (bicyclic) bond motifs is 1. The largest absolute Gasteiger partial charge is 0.449 e. The zero-order valence-corrected chi connectivity index (χ0v) is 18.2. The number of benzene rings is 3. The Balaban J connectivity index is 1.58. The van der Waals surface area contributed by atoms with Crippen LogP contribution in [0, 0.1) is 0 Å². The van der Waals surface area contributed by atoms with E-state index in [9.17, 15) is 4.79 Å². The number of rotatable bonds is 5. The SMILES string of the molecule is CCOC(=O)N1C2=N[C@@H](Cc3ccccc3)CN2[C@@H](c2ccccc2)[C@@H]1c1ccccc1. The van der Waals surface area contributed by atoms with E-state index in [1.54, 1.807) is 4.90 Å². The minimum absolute atomic E-state index is 0.0254. The molecule has 0 radical (unpaired) electrons. The topological polar surface area (TPSA) is 45.1 Å². The van der Waals surface area contributed by atoms with Crippen LogP contribution >= 0.6 is 0 Å². The molecule has 0 bridgehead atoms. The van der Waals surface area contributed by atoms with Gasteiger partial charge in [0.25, 0.3) is 0 Å². The predicted molar refractivity (Wildman–Crippen MR) is 125 cm³/mol. The normalized spacial score (nSPS) is 21.9. The summed E-state index contributed by atoms with van der Waals surface area (Å²) >= 11 is 0. The highest BCUT2D eigenvalue weighted by Gasteiger charge is 2.52. The van der Waals surface area contributed by atoms with Crippen molar-refractivity contribution in [3.05, 3.63) is 108 Å². The lowest BCUT2D eigenvalue weighted by atomic mass is 9.93. The summed E-state index contributed by atoms with van der Waals surface area (Å²) in [5, 5.41) is 0. The molecule has 3 aromatic rings. The van der Waals surface area contributed by atoms with E-state index in [-0.39, 0.29) is 24.2 Å². The van der Waals surface area contributed by atoms with Gasteiger partial charge in [-0.1, -0.05) is 91.0 Å². The van der Waals surface area contributed by atoms with E-state index in [4.69, 9.17) is 9.73 Å². The lowest BCUT2D eigenvalue weighted by molar-refractivity contribution is 0.117. The van der Waals surface area contributed by atoms with E-state index < -0.39 is 0 Å². The first-order chi connectivity index (χ1) is 15.8. The average molecular weight is 426 g/mol. The van der Waals surface area contributed by atoms with Gasteiger partial charge in [0.2, 0.25) is 5.96 Å². The number of aliphatic imine (C=N–C) groups is 1. The van der Waals surface area contributed by atoms with Gasteiger partial charge in [0.15, 0.2) is 0 Å². The summed E-state index contributed by atoms with van der Waals surface area (Å²) in [7, 11) is 0. The van der Waals surface area contributed by atoms with Crippen LogP contribution in [0.5, 0.6) is 0 Å². The van der Waals surface area contributed by atoms with Gasteiger partial charge in [0, 0.05) is 6.54 Å². The summed E-state index contributed by atoms with van der Waals surface area (Å²) in [6.45, 7) is 2.93. The van der Waals surface area contributed by atoms with Crippen molar-refractivity contribution in [1.82, 2.24) is 9.80 Å². The molecule has 0 N–H and O–H groups in total. The molecular weight excluding hydrogens is 398 g/mol. The molecule has 0 spiro atoms. The Bertz CT molecular complexity index is 1090. The van der Waals surface area contributed by atoms with Gasteiger partial charge < -0.3 is 9.64 Å². The maximum absolute atomic E-state index is 13.2. The van der Waals surface area contributed by atoms with E-state index >= 15 is 0 Å². The summed E-state index contributed by atoms with van der Waals surface area (Å²) in [5.74, 6) is 0.715. The molecule has 2 aliphatic rings. The van der Waals surface area contributed by atoms with Gasteiger partial charge in [-0.2, -0.15) is 0 Å². The molecule has 32 heavy (non-hydrogen) atoms. The second kappa shape index (κ2) is 8.87. The van der Waals surface area contributed by atoms with Crippen LogP contribution in [0.1, 0.15) is 35.7 Å². The van der Waals surface area contributed by atoms with E-state index in [1.807, 2.05) is 37.3 Å². The van der Waals surface area contributed by atoms with Crippen molar-refractivity contribution < 1.29 is 9.53 Å². The molecular formula is C27H27N3O2. The van der Waals surface area contributed by atoms with Crippen molar-refractivity contribution in [3.8, 4) is 0 Å². The fourth-order valence-corrected chi connectivity index (χ4v) is 4.84. The lowest BCUT2D eigenvalue weighted by Gasteiger charge is -2.29. The smallest absolute Gasteiger partial charge is 0.417 e. The van der Waals surface area contributed by atoms with Crippen molar-refractivity contribution in [3.63, 3.8) is 0 Å². The zero-order chi connectivity index (χ0) is 21.9. The third-order valence-electron chi connectivity index (χ3n) is 6.15. The van der Waals surface area contributed by atoms with Crippen LogP contribution in [0.4, 0.5) is 4.79 Å². The highest BCUT2D eigenvalue weighted by atomic mass is 16.6. The van der Waals surface area contributed by atoms with Crippen LogP contribution in [0.25, 0.3) is 0 Å². The van der Waals surface area contributed by atoms with Crippen LogP contribution in [0.2, 0.25) is 0 Å². The Morgan fingerprint density at radius 2 is 1.44 bits per heavy atom. The summed E-state index contributed by atoms with van der Waals surface area (Å²) < 4.78 is 5.50. The molecule has 0 aromatic heterocycles. The number of nitrogens with zero attached hydrogens (tertiary/aromatic N) is 3. The fourth-order valence-electron chi connectivity index (χ4n) is 4.84. The molecule has 1 amide bonds. The molecule has 1 fully saturated rings. The molecule has 0 saturated carbocycles. The number of guanidine groups is 1. The Morgan fingerprint density at radius 3 is 2.03 bits per heavy atom. The quantitative estimate of drug-likeness (QED) is 0.563. The number of hydrogen-bond acceptors (Lipinski definition) is 4. The average Bonchev–Trinajstić information content (AvgIpc) is 3.37. The number of carbonyl (C=O) groups is 1. The number of ether oxygens (including phenoxy) is 1. The first kappa shape index (κ1) is 20.3. The van der Waals surface area contributed by atoms with Gasteiger partial charge in [-0.15, -0.1) is 0 Å². The van der Waals surface area contributed by atoms with Crippen LogP contribution < -0.4 is 0 Å². The number of amides is 1. The third-order valence-corrected chi connectivity index (χ3v) is 6.15. The first-order valence-corrected chi connectivity index (χ1v) is 11.2. The lowest BCUT2D eigenvalue weighted by Crippen LogP contribution is -2.37. The highest BCUT2D eigenvalue weighted by Crippen LogP contribution is 2.47. The van der Waals surface area contributed by atoms with Crippen molar-refractivity contribution in [2.24, 2.45) is 4.99 Å². The van der Waals surface area contributed by atoms with E-state index in [2.05, 4.69) is 65.6 Å². The van der Waals surface area contributed by atoms with Crippen molar-refractivity contribution in [2.75, 3.05) is 13.2 Å². The van der Waals surface area contributed by atoms with Crippen molar-refractivity contribution >= 4 is 12.1 Å². The monoisotopic (exact) mass is 425 g/mol. The molecule has 5 rings (SSSR count). The van der Waals surface area contributed by atoms with Crippen LogP contribution in [-0.4, -0.2) is 41.0 Å². The first-order valence-electron chi connectivity index (χ1n) is 11.2. The van der Waals surface area contributed by atoms with E-state index in [0.29, 0.717) is 12.6 Å². The van der Waals surface area contributed by atoms with Gasteiger partial charge in [0.05, 0.1) is 24.7 Å². The molecule has 2 aliphatic heterocycles. The van der Waals surface area contributed by atoms with Crippen LogP contribution in [0.15, 0.2) is 96.0 Å². The number of carbonyl (C=O) groups excluding carboxylic acids is 1. The van der Waals surface area contributed by atoms with Gasteiger partial charge in [0.1, 0.15) is 0 Å². The van der Waals surface area contributed by atoms with Crippen molar-refractivity contribution in [1.29, 1.82) is 0 Å². The molecule has 0 unspecified atom stereocenters. The minimum atomic E-state index is -0.344. The third kappa shape index (κ3) is 3.75. The maximum atomic E-state index is 13.2. The highest BCUT2D eigenvalue weighted by molar-refractivity contribution is 5.98. The minimum Gasteiger partial charge on any atom is -0.449 e. The summed E-state index contributed by atoms with van der Waals surface area (Å²) in [4.78, 5) is 22.3. The Labute approximate surface area is 189 Å². The molecule has 2 heterocycles.